The summed E-state index contributed by atoms with van der Waals surface area (Å²) in [6.45, 7) is 4.34. The molecule has 0 spiro atoms. The minimum Gasteiger partial charge on any atom is -0.396 e. The third-order valence-electron chi connectivity index (χ3n) is 5.53. The van der Waals surface area contributed by atoms with E-state index in [1.165, 1.54) is 0 Å². The molecule has 2 heterocycles. The van der Waals surface area contributed by atoms with E-state index >= 15 is 0 Å². The van der Waals surface area contributed by atoms with Gasteiger partial charge in [0.15, 0.2) is 0 Å². The first kappa shape index (κ1) is 15.8. The summed E-state index contributed by atoms with van der Waals surface area (Å²) in [5.41, 5.74) is 0. The van der Waals surface area contributed by atoms with E-state index < -0.39 is 0 Å². The van der Waals surface area contributed by atoms with Crippen LogP contribution in [0.1, 0.15) is 45.4 Å². The van der Waals surface area contributed by atoms with Gasteiger partial charge < -0.3 is 14.9 Å². The molecule has 0 radical (unpaired) electrons. The Kier molecular flexibility index (Phi) is 4.71. The van der Waals surface area contributed by atoms with Crippen LogP contribution in [-0.4, -0.2) is 59.0 Å². The molecular formula is C17H28N2O3. The van der Waals surface area contributed by atoms with Crippen LogP contribution in [0.3, 0.4) is 0 Å². The second kappa shape index (κ2) is 6.57. The molecule has 3 fully saturated rings. The lowest BCUT2D eigenvalue weighted by atomic mass is 9.90. The lowest BCUT2D eigenvalue weighted by Crippen LogP contribution is -2.52. The lowest BCUT2D eigenvalue weighted by molar-refractivity contribution is -0.145. The van der Waals surface area contributed by atoms with Crippen molar-refractivity contribution in [2.45, 2.75) is 51.5 Å². The minimum absolute atomic E-state index is 0.0451. The fourth-order valence-corrected chi connectivity index (χ4v) is 3.84. The van der Waals surface area contributed by atoms with E-state index in [9.17, 15) is 14.7 Å². The highest BCUT2D eigenvalue weighted by Gasteiger charge is 2.39. The van der Waals surface area contributed by atoms with Gasteiger partial charge in [0.05, 0.1) is 5.92 Å². The summed E-state index contributed by atoms with van der Waals surface area (Å²) in [4.78, 5) is 29.0. The van der Waals surface area contributed by atoms with Crippen molar-refractivity contribution in [3.05, 3.63) is 0 Å². The molecule has 2 aliphatic heterocycles. The SMILES string of the molecule is CC1CCC(CO)CN1C(=O)C1CCCN(C(=O)C2CC2)C1. The summed E-state index contributed by atoms with van der Waals surface area (Å²) in [5.74, 6) is 0.863. The van der Waals surface area contributed by atoms with Crippen molar-refractivity contribution in [1.29, 1.82) is 0 Å². The van der Waals surface area contributed by atoms with Gasteiger partial charge in [-0.05, 0) is 51.4 Å². The molecule has 1 aliphatic carbocycles. The number of rotatable bonds is 3. The molecule has 1 N–H and O–H groups in total. The van der Waals surface area contributed by atoms with Gasteiger partial charge in [-0.3, -0.25) is 9.59 Å². The molecule has 5 nitrogen and oxygen atoms in total. The first-order valence-corrected chi connectivity index (χ1v) is 8.80. The zero-order chi connectivity index (χ0) is 15.7. The number of nitrogens with zero attached hydrogens (tertiary/aromatic N) is 2. The molecule has 2 amide bonds. The third kappa shape index (κ3) is 3.29. The summed E-state index contributed by atoms with van der Waals surface area (Å²) in [5, 5.41) is 9.38. The molecule has 0 aromatic rings. The molecule has 5 heteroatoms. The highest BCUT2D eigenvalue weighted by atomic mass is 16.3. The molecule has 0 bridgehead atoms. The van der Waals surface area contributed by atoms with Gasteiger partial charge in [0.1, 0.15) is 0 Å². The normalized spacial score (nSPS) is 32.9. The Bertz CT molecular complexity index is 436. The maximum Gasteiger partial charge on any atom is 0.227 e. The number of carbonyl (C=O) groups is 2. The topological polar surface area (TPSA) is 60.9 Å². The summed E-state index contributed by atoms with van der Waals surface area (Å²) in [7, 11) is 0. The van der Waals surface area contributed by atoms with Gasteiger partial charge in [-0.2, -0.15) is 0 Å². The fourth-order valence-electron chi connectivity index (χ4n) is 3.84. The average Bonchev–Trinajstić information content (AvgIpc) is 3.39. The van der Waals surface area contributed by atoms with Crippen LogP contribution in [0, 0.1) is 17.8 Å². The monoisotopic (exact) mass is 308 g/mol. The Hall–Kier alpha value is -1.10. The predicted octanol–water partition coefficient (Wildman–Crippen LogP) is 1.25. The van der Waals surface area contributed by atoms with Gasteiger partial charge in [0.2, 0.25) is 11.8 Å². The Labute approximate surface area is 132 Å². The molecule has 3 rings (SSSR count). The average molecular weight is 308 g/mol. The van der Waals surface area contributed by atoms with Crippen molar-refractivity contribution in [2.75, 3.05) is 26.2 Å². The second-order valence-electron chi connectivity index (χ2n) is 7.36. The molecular weight excluding hydrogens is 280 g/mol. The van der Waals surface area contributed by atoms with Crippen molar-refractivity contribution < 1.29 is 14.7 Å². The number of aliphatic hydroxyl groups excluding tert-OH is 1. The lowest BCUT2D eigenvalue weighted by Gasteiger charge is -2.41. The van der Waals surface area contributed by atoms with E-state index in [0.717, 1.165) is 45.1 Å². The molecule has 2 saturated heterocycles. The zero-order valence-corrected chi connectivity index (χ0v) is 13.5. The Morgan fingerprint density at radius 1 is 1.00 bits per heavy atom. The van der Waals surface area contributed by atoms with Crippen LogP contribution in [0.25, 0.3) is 0 Å². The molecule has 3 unspecified atom stereocenters. The highest BCUT2D eigenvalue weighted by molar-refractivity contribution is 5.83. The van der Waals surface area contributed by atoms with E-state index in [1.807, 2.05) is 9.80 Å². The van der Waals surface area contributed by atoms with Crippen molar-refractivity contribution in [2.24, 2.45) is 17.8 Å². The molecule has 3 aliphatic rings. The largest absolute Gasteiger partial charge is 0.396 e. The van der Waals surface area contributed by atoms with Gasteiger partial charge in [-0.1, -0.05) is 0 Å². The van der Waals surface area contributed by atoms with Crippen molar-refractivity contribution >= 4 is 11.8 Å². The molecule has 3 atom stereocenters. The summed E-state index contributed by atoms with van der Waals surface area (Å²) in [6, 6.07) is 0.254. The van der Waals surface area contributed by atoms with Crippen LogP contribution < -0.4 is 0 Å². The van der Waals surface area contributed by atoms with E-state index in [0.29, 0.717) is 13.1 Å². The van der Waals surface area contributed by atoms with Crippen LogP contribution >= 0.6 is 0 Å². The van der Waals surface area contributed by atoms with E-state index in [1.54, 1.807) is 0 Å². The quantitative estimate of drug-likeness (QED) is 0.854. The highest BCUT2D eigenvalue weighted by Crippen LogP contribution is 2.33. The summed E-state index contributed by atoms with van der Waals surface area (Å²) >= 11 is 0. The van der Waals surface area contributed by atoms with Crippen LogP contribution in [0.2, 0.25) is 0 Å². The summed E-state index contributed by atoms with van der Waals surface area (Å²) in [6.07, 6.45) is 5.83. The zero-order valence-electron chi connectivity index (χ0n) is 13.5. The number of hydrogen-bond acceptors (Lipinski definition) is 3. The molecule has 22 heavy (non-hydrogen) atoms. The predicted molar refractivity (Wildman–Crippen MR) is 83.0 cm³/mol. The maximum atomic E-state index is 12.9. The van der Waals surface area contributed by atoms with E-state index in [-0.39, 0.29) is 42.2 Å². The smallest absolute Gasteiger partial charge is 0.227 e. The number of likely N-dealkylation sites (tertiary alicyclic amines) is 2. The Morgan fingerprint density at radius 2 is 1.77 bits per heavy atom. The van der Waals surface area contributed by atoms with Crippen molar-refractivity contribution in [3.63, 3.8) is 0 Å². The van der Waals surface area contributed by atoms with Crippen molar-refractivity contribution in [3.8, 4) is 0 Å². The Balaban J connectivity index is 1.61. The van der Waals surface area contributed by atoms with Gasteiger partial charge in [-0.25, -0.2) is 0 Å². The standard InChI is InChI=1S/C17H28N2O3/c1-12-4-5-13(11-20)9-19(12)17(22)15-3-2-8-18(10-15)16(21)14-6-7-14/h12-15,20H,2-11H2,1H3. The van der Waals surface area contributed by atoms with Crippen LogP contribution in [-0.2, 0) is 9.59 Å². The van der Waals surface area contributed by atoms with Gasteiger partial charge in [-0.15, -0.1) is 0 Å². The molecule has 0 aromatic carbocycles. The van der Waals surface area contributed by atoms with Gasteiger partial charge in [0.25, 0.3) is 0 Å². The van der Waals surface area contributed by atoms with Crippen LogP contribution in [0.15, 0.2) is 0 Å². The third-order valence-corrected chi connectivity index (χ3v) is 5.53. The van der Waals surface area contributed by atoms with Crippen LogP contribution in [0.4, 0.5) is 0 Å². The number of hydrogen-bond donors (Lipinski definition) is 1. The maximum absolute atomic E-state index is 12.9. The van der Waals surface area contributed by atoms with E-state index in [4.69, 9.17) is 0 Å². The first-order valence-electron chi connectivity index (χ1n) is 8.80. The van der Waals surface area contributed by atoms with Gasteiger partial charge >= 0.3 is 0 Å². The Morgan fingerprint density at radius 3 is 2.45 bits per heavy atom. The fraction of sp³-hybridized carbons (Fsp3) is 0.882. The van der Waals surface area contributed by atoms with Crippen molar-refractivity contribution in [1.82, 2.24) is 9.80 Å². The number of carbonyl (C=O) groups excluding carboxylic acids is 2. The van der Waals surface area contributed by atoms with Gasteiger partial charge in [0, 0.05) is 38.2 Å². The van der Waals surface area contributed by atoms with Crippen LogP contribution in [0.5, 0.6) is 0 Å². The second-order valence-corrected chi connectivity index (χ2v) is 7.36. The summed E-state index contributed by atoms with van der Waals surface area (Å²) < 4.78 is 0. The molecule has 124 valence electrons. The number of aliphatic hydroxyl groups is 1. The molecule has 1 saturated carbocycles. The number of piperidine rings is 2. The van der Waals surface area contributed by atoms with E-state index in [2.05, 4.69) is 6.92 Å². The number of amides is 2. The minimum atomic E-state index is -0.0451. The first-order chi connectivity index (χ1) is 10.6. The molecule has 0 aromatic heterocycles.